The van der Waals surface area contributed by atoms with Crippen molar-refractivity contribution in [2.24, 2.45) is 0 Å². The number of carboxylic acid groups (broad SMARTS) is 1. The highest BCUT2D eigenvalue weighted by Crippen LogP contribution is 2.35. The highest BCUT2D eigenvalue weighted by molar-refractivity contribution is 5.66. The Bertz CT molecular complexity index is 401. The molecule has 0 unspecified atom stereocenters. The zero-order chi connectivity index (χ0) is 13.0. The summed E-state index contributed by atoms with van der Waals surface area (Å²) in [5.41, 5.74) is 1.23. The number of nitrogens with zero attached hydrogens (tertiary/aromatic N) is 3. The summed E-state index contributed by atoms with van der Waals surface area (Å²) in [5.74, 6) is 0.560. The lowest BCUT2D eigenvalue weighted by atomic mass is 9.81. The SMILES string of the molecule is CN(CCCC(=O)O)c1ncc(C2CCC2)cn1. The van der Waals surface area contributed by atoms with Gasteiger partial charge >= 0.3 is 5.97 Å². The molecule has 0 amide bonds. The monoisotopic (exact) mass is 249 g/mol. The molecule has 1 aromatic rings. The fourth-order valence-corrected chi connectivity index (χ4v) is 2.05. The van der Waals surface area contributed by atoms with E-state index in [1.165, 1.54) is 24.8 Å². The predicted octanol–water partition coefficient (Wildman–Crippen LogP) is 2.05. The summed E-state index contributed by atoms with van der Waals surface area (Å²) in [6.45, 7) is 0.662. The minimum Gasteiger partial charge on any atom is -0.481 e. The van der Waals surface area contributed by atoms with E-state index in [-0.39, 0.29) is 6.42 Å². The molecule has 1 heterocycles. The van der Waals surface area contributed by atoms with Crippen LogP contribution in [0, 0.1) is 0 Å². The molecule has 0 aliphatic heterocycles. The van der Waals surface area contributed by atoms with E-state index in [9.17, 15) is 4.79 Å². The standard InChI is InChI=1S/C13H19N3O2/c1-16(7-3-6-12(17)18)13-14-8-11(9-15-13)10-4-2-5-10/h8-10H,2-7H2,1H3,(H,17,18). The number of anilines is 1. The maximum atomic E-state index is 10.4. The first-order valence-corrected chi connectivity index (χ1v) is 6.41. The Balaban J connectivity index is 1.85. The quantitative estimate of drug-likeness (QED) is 0.835. The topological polar surface area (TPSA) is 66.3 Å². The van der Waals surface area contributed by atoms with E-state index < -0.39 is 5.97 Å². The van der Waals surface area contributed by atoms with Gasteiger partial charge in [-0.2, -0.15) is 0 Å². The van der Waals surface area contributed by atoms with Crippen molar-refractivity contribution >= 4 is 11.9 Å². The Labute approximate surface area is 107 Å². The first-order chi connectivity index (χ1) is 8.66. The van der Waals surface area contributed by atoms with Crippen LogP contribution >= 0.6 is 0 Å². The van der Waals surface area contributed by atoms with Gasteiger partial charge in [-0.3, -0.25) is 4.79 Å². The lowest BCUT2D eigenvalue weighted by Crippen LogP contribution is -2.22. The number of aliphatic carboxylic acids is 1. The molecule has 0 spiro atoms. The van der Waals surface area contributed by atoms with Crippen molar-refractivity contribution in [3.05, 3.63) is 18.0 Å². The summed E-state index contributed by atoms with van der Waals surface area (Å²) in [6, 6.07) is 0. The lowest BCUT2D eigenvalue weighted by Gasteiger charge is -2.25. The maximum Gasteiger partial charge on any atom is 0.303 e. The van der Waals surface area contributed by atoms with E-state index >= 15 is 0 Å². The van der Waals surface area contributed by atoms with E-state index in [1.807, 2.05) is 24.3 Å². The second-order valence-corrected chi connectivity index (χ2v) is 4.86. The highest BCUT2D eigenvalue weighted by Gasteiger charge is 2.20. The molecule has 0 aromatic carbocycles. The molecule has 1 aromatic heterocycles. The van der Waals surface area contributed by atoms with Gasteiger partial charge in [-0.15, -0.1) is 0 Å². The van der Waals surface area contributed by atoms with Crippen LogP contribution in [0.3, 0.4) is 0 Å². The molecule has 0 bridgehead atoms. The summed E-state index contributed by atoms with van der Waals surface area (Å²) in [4.78, 5) is 21.0. The average molecular weight is 249 g/mol. The largest absolute Gasteiger partial charge is 0.481 e. The van der Waals surface area contributed by atoms with Gasteiger partial charge in [0.05, 0.1) is 0 Å². The molecule has 0 atom stereocenters. The molecule has 5 nitrogen and oxygen atoms in total. The summed E-state index contributed by atoms with van der Waals surface area (Å²) in [6.07, 6.45) is 8.40. The lowest BCUT2D eigenvalue weighted by molar-refractivity contribution is -0.137. The summed E-state index contributed by atoms with van der Waals surface area (Å²) < 4.78 is 0. The molecule has 1 N–H and O–H groups in total. The Kier molecular flexibility index (Phi) is 4.12. The maximum absolute atomic E-state index is 10.4. The molecular weight excluding hydrogens is 230 g/mol. The van der Waals surface area contributed by atoms with Crippen LogP contribution in [-0.4, -0.2) is 34.6 Å². The van der Waals surface area contributed by atoms with Crippen molar-refractivity contribution in [3.8, 4) is 0 Å². The molecule has 0 radical (unpaired) electrons. The summed E-state index contributed by atoms with van der Waals surface area (Å²) >= 11 is 0. The van der Waals surface area contributed by atoms with Crippen LogP contribution < -0.4 is 4.90 Å². The number of carboxylic acids is 1. The van der Waals surface area contributed by atoms with Crippen LogP contribution in [0.4, 0.5) is 5.95 Å². The van der Waals surface area contributed by atoms with Crippen molar-refractivity contribution in [3.63, 3.8) is 0 Å². The molecule has 5 heteroatoms. The van der Waals surface area contributed by atoms with Crippen LogP contribution in [0.1, 0.15) is 43.6 Å². The molecule has 1 saturated carbocycles. The number of aromatic nitrogens is 2. The fraction of sp³-hybridized carbons (Fsp3) is 0.615. The number of carbonyl (C=O) groups is 1. The van der Waals surface area contributed by atoms with Crippen molar-refractivity contribution in [2.75, 3.05) is 18.5 Å². The number of hydrogen-bond donors (Lipinski definition) is 1. The Hall–Kier alpha value is -1.65. The molecule has 1 fully saturated rings. The normalized spacial score (nSPS) is 15.2. The van der Waals surface area contributed by atoms with Gasteiger partial charge in [0.2, 0.25) is 5.95 Å². The van der Waals surface area contributed by atoms with E-state index in [4.69, 9.17) is 5.11 Å². The molecule has 1 aliphatic carbocycles. The van der Waals surface area contributed by atoms with Gasteiger partial charge in [0.25, 0.3) is 0 Å². The van der Waals surface area contributed by atoms with Crippen molar-refractivity contribution in [1.82, 2.24) is 9.97 Å². The number of rotatable bonds is 6. The van der Waals surface area contributed by atoms with Gasteiger partial charge in [0, 0.05) is 32.4 Å². The molecule has 0 saturated heterocycles. The third-order valence-electron chi connectivity index (χ3n) is 3.46. The van der Waals surface area contributed by atoms with Crippen LogP contribution in [0.25, 0.3) is 0 Å². The van der Waals surface area contributed by atoms with Gasteiger partial charge in [0.1, 0.15) is 0 Å². The fourth-order valence-electron chi connectivity index (χ4n) is 2.05. The van der Waals surface area contributed by atoms with Crippen molar-refractivity contribution in [1.29, 1.82) is 0 Å². The summed E-state index contributed by atoms with van der Waals surface area (Å²) in [7, 11) is 1.89. The molecule has 18 heavy (non-hydrogen) atoms. The van der Waals surface area contributed by atoms with Crippen LogP contribution in [-0.2, 0) is 4.79 Å². The van der Waals surface area contributed by atoms with Gasteiger partial charge in [-0.1, -0.05) is 6.42 Å². The van der Waals surface area contributed by atoms with E-state index in [0.29, 0.717) is 24.8 Å². The Morgan fingerprint density at radius 3 is 2.61 bits per heavy atom. The third-order valence-corrected chi connectivity index (χ3v) is 3.46. The third kappa shape index (κ3) is 3.18. The van der Waals surface area contributed by atoms with Crippen molar-refractivity contribution in [2.45, 2.75) is 38.0 Å². The highest BCUT2D eigenvalue weighted by atomic mass is 16.4. The Morgan fingerprint density at radius 1 is 1.44 bits per heavy atom. The molecule has 2 rings (SSSR count). The molecule has 1 aliphatic rings. The zero-order valence-corrected chi connectivity index (χ0v) is 10.7. The van der Waals surface area contributed by atoms with Crippen LogP contribution in [0.5, 0.6) is 0 Å². The van der Waals surface area contributed by atoms with Gasteiger partial charge < -0.3 is 10.0 Å². The second kappa shape index (κ2) is 5.80. The average Bonchev–Trinajstić information content (AvgIpc) is 2.27. The van der Waals surface area contributed by atoms with Crippen LogP contribution in [0.15, 0.2) is 12.4 Å². The zero-order valence-electron chi connectivity index (χ0n) is 10.7. The van der Waals surface area contributed by atoms with Gasteiger partial charge in [-0.25, -0.2) is 9.97 Å². The molecule has 98 valence electrons. The summed E-state index contributed by atoms with van der Waals surface area (Å²) in [5, 5.41) is 8.58. The first-order valence-electron chi connectivity index (χ1n) is 6.41. The smallest absolute Gasteiger partial charge is 0.303 e. The van der Waals surface area contributed by atoms with Crippen LogP contribution in [0.2, 0.25) is 0 Å². The van der Waals surface area contributed by atoms with Gasteiger partial charge in [0.15, 0.2) is 0 Å². The van der Waals surface area contributed by atoms with E-state index in [2.05, 4.69) is 9.97 Å². The van der Waals surface area contributed by atoms with Gasteiger partial charge in [-0.05, 0) is 30.7 Å². The first kappa shape index (κ1) is 12.8. The van der Waals surface area contributed by atoms with Crippen molar-refractivity contribution < 1.29 is 9.90 Å². The molecular formula is C13H19N3O2. The van der Waals surface area contributed by atoms with E-state index in [1.54, 1.807) is 0 Å². The Morgan fingerprint density at radius 2 is 2.11 bits per heavy atom. The van der Waals surface area contributed by atoms with E-state index in [0.717, 1.165) is 0 Å². The second-order valence-electron chi connectivity index (χ2n) is 4.86. The minimum absolute atomic E-state index is 0.185. The number of hydrogen-bond acceptors (Lipinski definition) is 4. The predicted molar refractivity (Wildman–Crippen MR) is 68.8 cm³/mol. The minimum atomic E-state index is -0.760.